The minimum Gasteiger partial charge on any atom is -0.383 e. The molecule has 1 heterocycles. The Balaban J connectivity index is 2.59. The Morgan fingerprint density at radius 1 is 1.50 bits per heavy atom. The second-order valence-corrected chi connectivity index (χ2v) is 3.05. The van der Waals surface area contributed by atoms with E-state index >= 15 is 0 Å². The summed E-state index contributed by atoms with van der Waals surface area (Å²) in [6.45, 7) is 0.867. The van der Waals surface area contributed by atoms with Gasteiger partial charge in [0.1, 0.15) is 5.69 Å². The van der Waals surface area contributed by atoms with Crippen LogP contribution < -0.4 is 11.1 Å². The Morgan fingerprint density at radius 3 is 2.75 bits per heavy atom. The van der Waals surface area contributed by atoms with Gasteiger partial charge in [0.25, 0.3) is 11.8 Å². The first-order valence-corrected chi connectivity index (χ1v) is 4.68. The zero-order valence-electron chi connectivity index (χ0n) is 8.90. The minimum absolute atomic E-state index is 0.133. The van der Waals surface area contributed by atoms with Crippen molar-refractivity contribution in [3.05, 3.63) is 29.6 Å². The van der Waals surface area contributed by atoms with E-state index in [0.29, 0.717) is 18.7 Å². The van der Waals surface area contributed by atoms with E-state index in [-0.39, 0.29) is 11.6 Å². The lowest BCUT2D eigenvalue weighted by Crippen LogP contribution is -2.27. The van der Waals surface area contributed by atoms with Gasteiger partial charge in [0.2, 0.25) is 0 Å². The summed E-state index contributed by atoms with van der Waals surface area (Å²) in [5.74, 6) is -0.882. The normalized spacial score (nSPS) is 9.81. The van der Waals surface area contributed by atoms with Gasteiger partial charge in [-0.05, 0) is 12.1 Å². The molecule has 0 aliphatic rings. The Morgan fingerprint density at radius 2 is 2.25 bits per heavy atom. The number of carbonyl (C=O) groups excluding carboxylic acids is 2. The molecule has 0 fully saturated rings. The summed E-state index contributed by atoms with van der Waals surface area (Å²) >= 11 is 0. The van der Waals surface area contributed by atoms with Crippen molar-refractivity contribution in [3.8, 4) is 0 Å². The van der Waals surface area contributed by atoms with Crippen LogP contribution in [0.4, 0.5) is 0 Å². The number of nitrogens with one attached hydrogen (secondary N) is 1. The van der Waals surface area contributed by atoms with Crippen LogP contribution in [0.5, 0.6) is 0 Å². The summed E-state index contributed by atoms with van der Waals surface area (Å²) in [5.41, 5.74) is 5.53. The van der Waals surface area contributed by atoms with Crippen molar-refractivity contribution in [2.24, 2.45) is 5.73 Å². The van der Waals surface area contributed by atoms with Crippen LogP contribution in [-0.2, 0) is 4.74 Å². The SMILES string of the molecule is COCCNC(=O)c1ccc(C(N)=O)nc1. The highest BCUT2D eigenvalue weighted by Gasteiger charge is 2.07. The number of primary amides is 1. The van der Waals surface area contributed by atoms with Gasteiger partial charge in [-0.1, -0.05) is 0 Å². The van der Waals surface area contributed by atoms with Crippen molar-refractivity contribution in [2.45, 2.75) is 0 Å². The summed E-state index contributed by atoms with van der Waals surface area (Å²) < 4.78 is 4.79. The van der Waals surface area contributed by atoms with E-state index in [0.717, 1.165) is 0 Å². The van der Waals surface area contributed by atoms with Crippen molar-refractivity contribution in [2.75, 3.05) is 20.3 Å². The number of rotatable bonds is 5. The predicted octanol–water partition coefficient (Wildman–Crippen LogP) is -0.443. The van der Waals surface area contributed by atoms with Gasteiger partial charge < -0.3 is 15.8 Å². The fourth-order valence-corrected chi connectivity index (χ4v) is 1.04. The number of pyridine rings is 1. The number of nitrogens with two attached hydrogens (primary N) is 1. The molecule has 0 aliphatic heterocycles. The summed E-state index contributed by atoms with van der Waals surface area (Å²) in [5, 5.41) is 2.63. The van der Waals surface area contributed by atoms with Gasteiger partial charge in [-0.3, -0.25) is 14.6 Å². The van der Waals surface area contributed by atoms with Gasteiger partial charge in [0.15, 0.2) is 0 Å². The number of carbonyl (C=O) groups is 2. The number of amides is 2. The van der Waals surface area contributed by atoms with E-state index in [2.05, 4.69) is 10.3 Å². The van der Waals surface area contributed by atoms with Crippen molar-refractivity contribution in [3.63, 3.8) is 0 Å². The maximum Gasteiger partial charge on any atom is 0.267 e. The average Bonchev–Trinajstić information content (AvgIpc) is 2.29. The van der Waals surface area contributed by atoms with Crippen LogP contribution in [-0.4, -0.2) is 37.1 Å². The monoisotopic (exact) mass is 223 g/mol. The van der Waals surface area contributed by atoms with Crippen molar-refractivity contribution in [1.82, 2.24) is 10.3 Å². The van der Waals surface area contributed by atoms with Crippen LogP contribution in [0.2, 0.25) is 0 Å². The molecule has 16 heavy (non-hydrogen) atoms. The van der Waals surface area contributed by atoms with E-state index in [1.165, 1.54) is 18.3 Å². The van der Waals surface area contributed by atoms with Crippen molar-refractivity contribution >= 4 is 11.8 Å². The predicted molar refractivity (Wildman–Crippen MR) is 57.0 cm³/mol. The van der Waals surface area contributed by atoms with E-state index in [9.17, 15) is 9.59 Å². The van der Waals surface area contributed by atoms with Gasteiger partial charge in [-0.25, -0.2) is 0 Å². The maximum atomic E-state index is 11.5. The molecular weight excluding hydrogens is 210 g/mol. The highest BCUT2D eigenvalue weighted by molar-refractivity contribution is 5.95. The van der Waals surface area contributed by atoms with Crippen molar-refractivity contribution in [1.29, 1.82) is 0 Å². The maximum absolute atomic E-state index is 11.5. The average molecular weight is 223 g/mol. The number of aromatic nitrogens is 1. The smallest absolute Gasteiger partial charge is 0.267 e. The summed E-state index contributed by atoms with van der Waals surface area (Å²) in [4.78, 5) is 26.0. The van der Waals surface area contributed by atoms with E-state index in [1.54, 1.807) is 7.11 Å². The third-order valence-electron chi connectivity index (χ3n) is 1.87. The Bertz CT molecular complexity index is 375. The van der Waals surface area contributed by atoms with Crippen LogP contribution in [0.3, 0.4) is 0 Å². The van der Waals surface area contributed by atoms with Crippen LogP contribution in [0, 0.1) is 0 Å². The van der Waals surface area contributed by atoms with Gasteiger partial charge in [-0.15, -0.1) is 0 Å². The molecule has 2 amide bonds. The topological polar surface area (TPSA) is 94.3 Å². The summed E-state index contributed by atoms with van der Waals surface area (Å²) in [6, 6.07) is 2.91. The standard InChI is InChI=1S/C10H13N3O3/c1-16-5-4-12-10(15)7-2-3-8(9(11)14)13-6-7/h2-3,6H,4-5H2,1H3,(H2,11,14)(H,12,15). The third kappa shape index (κ3) is 3.32. The molecule has 0 aliphatic carbocycles. The number of nitrogens with zero attached hydrogens (tertiary/aromatic N) is 1. The fraction of sp³-hybridized carbons (Fsp3) is 0.300. The van der Waals surface area contributed by atoms with Crippen LogP contribution in [0.1, 0.15) is 20.8 Å². The van der Waals surface area contributed by atoms with Crippen LogP contribution in [0.25, 0.3) is 0 Å². The molecular formula is C10H13N3O3. The number of ether oxygens (including phenoxy) is 1. The zero-order chi connectivity index (χ0) is 12.0. The molecule has 0 unspecified atom stereocenters. The first-order valence-electron chi connectivity index (χ1n) is 4.68. The molecule has 6 heteroatoms. The van der Waals surface area contributed by atoms with E-state index < -0.39 is 5.91 Å². The highest BCUT2D eigenvalue weighted by atomic mass is 16.5. The quantitative estimate of drug-likeness (QED) is 0.661. The first-order chi connectivity index (χ1) is 7.65. The summed E-state index contributed by atoms with van der Waals surface area (Å²) in [6.07, 6.45) is 1.31. The van der Waals surface area contributed by atoms with Gasteiger partial charge in [0, 0.05) is 19.9 Å². The first kappa shape index (κ1) is 12.1. The lowest BCUT2D eigenvalue weighted by molar-refractivity contribution is 0.0934. The molecule has 1 aromatic rings. The third-order valence-corrected chi connectivity index (χ3v) is 1.87. The Labute approximate surface area is 92.8 Å². The molecule has 6 nitrogen and oxygen atoms in total. The molecule has 1 aromatic heterocycles. The van der Waals surface area contributed by atoms with Crippen LogP contribution in [0.15, 0.2) is 18.3 Å². The largest absolute Gasteiger partial charge is 0.383 e. The zero-order valence-corrected chi connectivity index (χ0v) is 8.90. The lowest BCUT2D eigenvalue weighted by atomic mass is 10.2. The molecule has 86 valence electrons. The molecule has 3 N–H and O–H groups in total. The lowest BCUT2D eigenvalue weighted by Gasteiger charge is -2.04. The molecule has 0 aromatic carbocycles. The molecule has 0 atom stereocenters. The van der Waals surface area contributed by atoms with Gasteiger partial charge in [-0.2, -0.15) is 0 Å². The number of hydrogen-bond acceptors (Lipinski definition) is 4. The molecule has 0 saturated heterocycles. The molecule has 0 bridgehead atoms. The molecule has 0 radical (unpaired) electrons. The number of methoxy groups -OCH3 is 1. The molecule has 0 spiro atoms. The van der Waals surface area contributed by atoms with Crippen molar-refractivity contribution < 1.29 is 14.3 Å². The fourth-order valence-electron chi connectivity index (χ4n) is 1.04. The number of hydrogen-bond donors (Lipinski definition) is 2. The second kappa shape index (κ2) is 5.82. The van der Waals surface area contributed by atoms with Crippen LogP contribution >= 0.6 is 0 Å². The second-order valence-electron chi connectivity index (χ2n) is 3.05. The van der Waals surface area contributed by atoms with E-state index in [1.807, 2.05) is 0 Å². The Hall–Kier alpha value is -1.95. The Kier molecular flexibility index (Phi) is 4.41. The molecule has 1 rings (SSSR count). The van der Waals surface area contributed by atoms with E-state index in [4.69, 9.17) is 10.5 Å². The van der Waals surface area contributed by atoms with Gasteiger partial charge in [0.05, 0.1) is 12.2 Å². The van der Waals surface area contributed by atoms with Gasteiger partial charge >= 0.3 is 0 Å². The summed E-state index contributed by atoms with van der Waals surface area (Å²) in [7, 11) is 1.55. The molecule has 0 saturated carbocycles. The highest BCUT2D eigenvalue weighted by Crippen LogP contribution is 1.99. The minimum atomic E-state index is -0.619.